The normalized spacial score (nSPS) is 22.4. The van der Waals surface area contributed by atoms with E-state index in [1.165, 1.54) is 18.2 Å². The zero-order valence-electron chi connectivity index (χ0n) is 18.3. The third kappa shape index (κ3) is 4.36. The number of hydrogen-bond donors (Lipinski definition) is 0. The molecule has 0 unspecified atom stereocenters. The first kappa shape index (κ1) is 23.0. The van der Waals surface area contributed by atoms with Gasteiger partial charge in [0, 0.05) is 28.0 Å². The van der Waals surface area contributed by atoms with Crippen molar-refractivity contribution in [1.82, 2.24) is 4.90 Å². The van der Waals surface area contributed by atoms with E-state index in [9.17, 15) is 4.79 Å². The smallest absolute Gasteiger partial charge is 0.269 e. The second kappa shape index (κ2) is 9.45. The van der Waals surface area contributed by atoms with Gasteiger partial charge in [0.25, 0.3) is 5.91 Å². The molecule has 0 radical (unpaired) electrons. The predicted octanol–water partition coefficient (Wildman–Crippen LogP) is 7.31. The molecule has 0 bridgehead atoms. The summed E-state index contributed by atoms with van der Waals surface area (Å²) in [6.07, 6.45) is 5.43. The summed E-state index contributed by atoms with van der Waals surface area (Å²) in [7, 11) is 3.59. The number of anilines is 1. The van der Waals surface area contributed by atoms with Gasteiger partial charge in [-0.2, -0.15) is 0 Å². The summed E-state index contributed by atoms with van der Waals surface area (Å²) in [4.78, 5) is 24.5. The van der Waals surface area contributed by atoms with Gasteiger partial charge in [-0.1, -0.05) is 54.2 Å². The van der Waals surface area contributed by atoms with Crippen LogP contribution in [-0.2, 0) is 4.79 Å². The Morgan fingerprint density at radius 1 is 1.03 bits per heavy atom. The van der Waals surface area contributed by atoms with Gasteiger partial charge in [-0.3, -0.25) is 9.69 Å². The number of nitrogens with zero attached hydrogens (tertiary/aromatic N) is 3. The van der Waals surface area contributed by atoms with E-state index in [2.05, 4.69) is 0 Å². The average molecular weight is 521 g/mol. The number of rotatable bonds is 3. The molecule has 0 atom stereocenters. The molecule has 2 aromatic rings. The minimum atomic E-state index is 0.0138. The van der Waals surface area contributed by atoms with Crippen LogP contribution in [0.4, 0.5) is 11.4 Å². The molecule has 2 fully saturated rings. The quantitative estimate of drug-likeness (QED) is 0.397. The molecule has 33 heavy (non-hydrogen) atoms. The lowest BCUT2D eigenvalue weighted by Crippen LogP contribution is -2.40. The molecule has 1 amide bonds. The van der Waals surface area contributed by atoms with Crippen LogP contribution in [0.25, 0.3) is 0 Å². The highest BCUT2D eigenvalue weighted by Gasteiger charge is 2.42. The standard InChI is InChI=1S/C24H23Cl2N3O2S2/c1-28-18-13-15(26)9-11-20(18)32-23(28)21-22(30)29(16-6-4-3-5-7-16)24(33-21)27-17-12-14(25)8-10-19(17)31-2/h8-13,16H,3-7H2,1-2H3/b23-21-,27-24?. The molecule has 172 valence electrons. The summed E-state index contributed by atoms with van der Waals surface area (Å²) >= 11 is 15.5. The minimum Gasteiger partial charge on any atom is -0.494 e. The van der Waals surface area contributed by atoms with Crippen molar-refractivity contribution < 1.29 is 9.53 Å². The largest absolute Gasteiger partial charge is 0.494 e. The Morgan fingerprint density at radius 2 is 1.76 bits per heavy atom. The number of methoxy groups -OCH3 is 1. The number of carbonyl (C=O) groups is 1. The van der Waals surface area contributed by atoms with E-state index < -0.39 is 0 Å². The Hall–Kier alpha value is -1.80. The monoisotopic (exact) mass is 519 g/mol. The van der Waals surface area contributed by atoms with Crippen LogP contribution in [-0.4, -0.2) is 36.2 Å². The Kier molecular flexibility index (Phi) is 6.58. The molecule has 5 rings (SSSR count). The highest BCUT2D eigenvalue weighted by Crippen LogP contribution is 2.51. The van der Waals surface area contributed by atoms with E-state index in [0.717, 1.165) is 41.3 Å². The number of carbonyl (C=O) groups excluding carboxylic acids is 1. The van der Waals surface area contributed by atoms with Crippen molar-refractivity contribution in [3.05, 3.63) is 56.4 Å². The van der Waals surface area contributed by atoms with Gasteiger partial charge in [0.15, 0.2) is 5.17 Å². The van der Waals surface area contributed by atoms with Crippen LogP contribution in [0.5, 0.6) is 5.75 Å². The number of benzene rings is 2. The third-order valence-corrected chi connectivity index (χ3v) is 8.98. The molecule has 2 aromatic carbocycles. The fraction of sp³-hybridized carbons (Fsp3) is 0.333. The van der Waals surface area contributed by atoms with Crippen LogP contribution < -0.4 is 9.64 Å². The van der Waals surface area contributed by atoms with E-state index in [-0.39, 0.29) is 11.9 Å². The van der Waals surface area contributed by atoms with Crippen LogP contribution in [0.3, 0.4) is 0 Å². The molecule has 5 nitrogen and oxygen atoms in total. The number of hydrogen-bond acceptors (Lipinski definition) is 6. The van der Waals surface area contributed by atoms with Gasteiger partial charge < -0.3 is 9.64 Å². The van der Waals surface area contributed by atoms with Crippen molar-refractivity contribution >= 4 is 69.2 Å². The van der Waals surface area contributed by atoms with Crippen LogP contribution in [0, 0.1) is 0 Å². The van der Waals surface area contributed by atoms with E-state index in [0.29, 0.717) is 31.6 Å². The summed E-state index contributed by atoms with van der Waals surface area (Å²) < 4.78 is 5.50. The number of fused-ring (bicyclic) bond motifs is 1. The maximum absolute atomic E-state index is 13.8. The number of amidine groups is 1. The van der Waals surface area contributed by atoms with Crippen molar-refractivity contribution in [2.45, 2.75) is 43.0 Å². The molecule has 1 saturated carbocycles. The molecule has 9 heteroatoms. The molecule has 0 aromatic heterocycles. The van der Waals surface area contributed by atoms with Gasteiger partial charge in [-0.05, 0) is 61.0 Å². The van der Waals surface area contributed by atoms with E-state index in [4.69, 9.17) is 32.9 Å². The Labute approximate surface area is 212 Å². The van der Waals surface area contributed by atoms with Crippen molar-refractivity contribution in [1.29, 1.82) is 0 Å². The van der Waals surface area contributed by atoms with E-state index in [1.807, 2.05) is 35.0 Å². The number of ether oxygens (including phenoxy) is 1. The summed E-state index contributed by atoms with van der Waals surface area (Å²) in [5.41, 5.74) is 1.63. The van der Waals surface area contributed by atoms with Gasteiger partial charge in [0.1, 0.15) is 16.3 Å². The highest BCUT2D eigenvalue weighted by molar-refractivity contribution is 8.19. The number of aliphatic imine (C=N–C) groups is 1. The molecule has 0 N–H and O–H groups in total. The van der Waals surface area contributed by atoms with Crippen molar-refractivity contribution in [3.63, 3.8) is 0 Å². The van der Waals surface area contributed by atoms with Crippen molar-refractivity contribution in [2.24, 2.45) is 4.99 Å². The number of halogens is 2. The Morgan fingerprint density at radius 3 is 2.52 bits per heavy atom. The fourth-order valence-electron chi connectivity index (χ4n) is 4.43. The molecule has 1 aliphatic carbocycles. The Balaban J connectivity index is 1.58. The zero-order chi connectivity index (χ0) is 23.1. The molecule has 2 aliphatic heterocycles. The van der Waals surface area contributed by atoms with E-state index >= 15 is 0 Å². The molecule has 3 aliphatic rings. The SMILES string of the molecule is COc1ccc(Cl)cc1N=C1S/C(=C2\Sc3ccc(Cl)cc3N2C)C(=O)N1C1CCCCC1. The second-order valence-electron chi connectivity index (χ2n) is 8.19. The first-order chi connectivity index (χ1) is 16.0. The average Bonchev–Trinajstić information content (AvgIpc) is 3.30. The molecule has 0 spiro atoms. The van der Waals surface area contributed by atoms with Gasteiger partial charge in [0.2, 0.25) is 0 Å². The van der Waals surface area contributed by atoms with Crippen LogP contribution in [0.2, 0.25) is 10.0 Å². The second-order valence-corrected chi connectivity index (χ2v) is 11.1. The highest BCUT2D eigenvalue weighted by atomic mass is 35.5. The Bertz CT molecular complexity index is 1180. The summed E-state index contributed by atoms with van der Waals surface area (Å²) in [6.45, 7) is 0. The van der Waals surface area contributed by atoms with Crippen LogP contribution >= 0.6 is 46.7 Å². The number of thioether (sulfide) groups is 2. The van der Waals surface area contributed by atoms with Crippen molar-refractivity contribution in [3.8, 4) is 5.75 Å². The zero-order valence-corrected chi connectivity index (χ0v) is 21.5. The lowest BCUT2D eigenvalue weighted by Gasteiger charge is -2.30. The summed E-state index contributed by atoms with van der Waals surface area (Å²) in [5, 5.41) is 2.84. The third-order valence-electron chi connectivity index (χ3n) is 6.10. The lowest BCUT2D eigenvalue weighted by atomic mass is 9.94. The summed E-state index contributed by atoms with van der Waals surface area (Å²) in [5.74, 6) is 0.638. The molecule has 1 saturated heterocycles. The van der Waals surface area contributed by atoms with Crippen LogP contribution in [0.1, 0.15) is 32.1 Å². The van der Waals surface area contributed by atoms with Gasteiger partial charge >= 0.3 is 0 Å². The first-order valence-corrected chi connectivity index (χ1v) is 13.2. The molecular formula is C24H23Cl2N3O2S2. The fourth-order valence-corrected chi connectivity index (χ4v) is 7.14. The summed E-state index contributed by atoms with van der Waals surface area (Å²) in [6, 6.07) is 11.3. The molecule has 2 heterocycles. The number of amides is 1. The van der Waals surface area contributed by atoms with Gasteiger partial charge in [-0.15, -0.1) is 0 Å². The minimum absolute atomic E-state index is 0.0138. The van der Waals surface area contributed by atoms with Gasteiger partial charge in [0.05, 0.1) is 17.8 Å². The molecular weight excluding hydrogens is 497 g/mol. The first-order valence-electron chi connectivity index (χ1n) is 10.9. The van der Waals surface area contributed by atoms with Crippen molar-refractivity contribution in [2.75, 3.05) is 19.1 Å². The lowest BCUT2D eigenvalue weighted by molar-refractivity contribution is -0.124. The van der Waals surface area contributed by atoms with Gasteiger partial charge in [-0.25, -0.2) is 4.99 Å². The maximum Gasteiger partial charge on any atom is 0.269 e. The topological polar surface area (TPSA) is 45.1 Å². The maximum atomic E-state index is 13.8. The van der Waals surface area contributed by atoms with Crippen LogP contribution in [0.15, 0.2) is 56.2 Å². The predicted molar refractivity (Wildman–Crippen MR) is 139 cm³/mol. The van der Waals surface area contributed by atoms with E-state index in [1.54, 1.807) is 37.1 Å².